The molecule has 0 N–H and O–H groups in total. The first-order valence-electron chi connectivity index (χ1n) is 6.18. The molecule has 94 valence electrons. The maximum Gasteiger partial charge on any atom is 0.0468 e. The number of benzene rings is 1. The third-order valence-corrected chi connectivity index (χ3v) is 4.80. The van der Waals surface area contributed by atoms with Crippen LogP contribution in [0.5, 0.6) is 0 Å². The second kappa shape index (κ2) is 6.91. The van der Waals surface area contributed by atoms with E-state index in [-0.39, 0.29) is 0 Å². The first kappa shape index (κ1) is 13.6. The van der Waals surface area contributed by atoms with Gasteiger partial charge in [-0.05, 0) is 48.8 Å². The Kier molecular flexibility index (Phi) is 5.51. The Hall–Kier alpha value is 0.140. The highest BCUT2D eigenvalue weighted by Gasteiger charge is 2.19. The Morgan fingerprint density at radius 2 is 1.82 bits per heavy atom. The van der Waals surface area contributed by atoms with E-state index in [0.29, 0.717) is 5.92 Å². The van der Waals surface area contributed by atoms with Crippen molar-refractivity contribution in [3.8, 4) is 0 Å². The van der Waals surface area contributed by atoms with Crippen LogP contribution in [0.4, 0.5) is 0 Å². The molecule has 1 heterocycles. The lowest BCUT2D eigenvalue weighted by Gasteiger charge is -2.26. The van der Waals surface area contributed by atoms with Crippen molar-refractivity contribution in [1.82, 2.24) is 0 Å². The molecule has 3 heteroatoms. The van der Waals surface area contributed by atoms with Crippen LogP contribution in [0.2, 0.25) is 0 Å². The summed E-state index contributed by atoms with van der Waals surface area (Å²) in [6.07, 6.45) is 3.72. The molecule has 2 rings (SSSR count). The summed E-state index contributed by atoms with van der Waals surface area (Å²) >= 11 is 7.14. The lowest BCUT2D eigenvalue weighted by Crippen LogP contribution is -2.18. The van der Waals surface area contributed by atoms with E-state index in [4.69, 9.17) is 4.74 Å². The number of rotatable bonds is 4. The predicted molar refractivity (Wildman–Crippen MR) is 78.8 cm³/mol. The number of halogens is 2. The average molecular weight is 362 g/mol. The molecule has 0 bridgehead atoms. The van der Waals surface area contributed by atoms with Gasteiger partial charge in [0.1, 0.15) is 0 Å². The minimum atomic E-state index is 0.631. The fourth-order valence-corrected chi connectivity index (χ4v) is 3.31. The van der Waals surface area contributed by atoms with Gasteiger partial charge in [0.05, 0.1) is 0 Å². The van der Waals surface area contributed by atoms with Crippen LogP contribution in [0.3, 0.4) is 0 Å². The molecule has 0 aliphatic carbocycles. The lowest BCUT2D eigenvalue weighted by molar-refractivity contribution is 0.0623. The van der Waals surface area contributed by atoms with Crippen LogP contribution in [0.25, 0.3) is 0 Å². The van der Waals surface area contributed by atoms with Crippen molar-refractivity contribution in [2.75, 3.05) is 18.5 Å². The molecule has 1 saturated heterocycles. The number of alkyl halides is 1. The van der Waals surface area contributed by atoms with Crippen molar-refractivity contribution in [2.45, 2.75) is 25.2 Å². The molecule has 1 nitrogen and oxygen atoms in total. The summed E-state index contributed by atoms with van der Waals surface area (Å²) in [5, 5.41) is 1.05. The highest BCUT2D eigenvalue weighted by Crippen LogP contribution is 2.31. The van der Waals surface area contributed by atoms with Gasteiger partial charge in [0.2, 0.25) is 0 Å². The minimum absolute atomic E-state index is 0.631. The second-order valence-electron chi connectivity index (χ2n) is 4.69. The van der Waals surface area contributed by atoms with Gasteiger partial charge in [0.25, 0.3) is 0 Å². The van der Waals surface area contributed by atoms with Crippen molar-refractivity contribution in [2.24, 2.45) is 5.92 Å². The first-order chi connectivity index (χ1) is 8.29. The topological polar surface area (TPSA) is 9.23 Å². The average Bonchev–Trinajstić information content (AvgIpc) is 2.38. The van der Waals surface area contributed by atoms with E-state index in [1.165, 1.54) is 24.8 Å². The van der Waals surface area contributed by atoms with Crippen molar-refractivity contribution in [3.05, 3.63) is 34.3 Å². The molecular weight excluding hydrogens is 344 g/mol. The van der Waals surface area contributed by atoms with Crippen LogP contribution in [0.1, 0.15) is 30.7 Å². The van der Waals surface area contributed by atoms with Crippen LogP contribution in [-0.4, -0.2) is 18.5 Å². The Balaban J connectivity index is 1.97. The van der Waals surface area contributed by atoms with Crippen molar-refractivity contribution < 1.29 is 4.74 Å². The molecule has 1 unspecified atom stereocenters. The standard InChI is InChI=1S/C14H18Br2O/c15-10-13(9-11-5-7-17-8-6-11)12-1-3-14(16)4-2-12/h1-4,11,13H,5-10H2. The van der Waals surface area contributed by atoms with Crippen molar-refractivity contribution >= 4 is 31.9 Å². The predicted octanol–water partition coefficient (Wildman–Crippen LogP) is 4.74. The van der Waals surface area contributed by atoms with Gasteiger partial charge < -0.3 is 4.74 Å². The van der Waals surface area contributed by atoms with E-state index < -0.39 is 0 Å². The zero-order chi connectivity index (χ0) is 12.1. The number of hydrogen-bond acceptors (Lipinski definition) is 1. The maximum atomic E-state index is 5.42. The summed E-state index contributed by atoms with van der Waals surface area (Å²) in [5.74, 6) is 1.46. The number of hydrogen-bond donors (Lipinski definition) is 0. The molecule has 1 aromatic rings. The highest BCUT2D eigenvalue weighted by atomic mass is 79.9. The molecule has 0 saturated carbocycles. The summed E-state index contributed by atoms with van der Waals surface area (Å²) in [6.45, 7) is 1.89. The largest absolute Gasteiger partial charge is 0.381 e. The molecule has 1 aromatic carbocycles. The van der Waals surface area contributed by atoms with E-state index in [2.05, 4.69) is 56.1 Å². The fraction of sp³-hybridized carbons (Fsp3) is 0.571. The fourth-order valence-electron chi connectivity index (χ4n) is 2.41. The highest BCUT2D eigenvalue weighted by molar-refractivity contribution is 9.10. The van der Waals surface area contributed by atoms with Crippen LogP contribution in [0, 0.1) is 5.92 Å². The molecule has 0 amide bonds. The molecule has 1 atom stereocenters. The lowest BCUT2D eigenvalue weighted by atomic mass is 9.86. The van der Waals surface area contributed by atoms with Gasteiger partial charge in [-0.2, -0.15) is 0 Å². The van der Waals surface area contributed by atoms with E-state index in [0.717, 1.165) is 28.9 Å². The first-order valence-corrected chi connectivity index (χ1v) is 8.10. The van der Waals surface area contributed by atoms with Gasteiger partial charge in [0, 0.05) is 23.0 Å². The van der Waals surface area contributed by atoms with Gasteiger partial charge >= 0.3 is 0 Å². The number of ether oxygens (including phenoxy) is 1. The normalized spacial score (nSPS) is 19.2. The third-order valence-electron chi connectivity index (χ3n) is 3.49. The summed E-state index contributed by atoms with van der Waals surface area (Å²) in [5.41, 5.74) is 1.44. The molecular formula is C14H18Br2O. The summed E-state index contributed by atoms with van der Waals surface area (Å²) in [6, 6.07) is 8.73. The van der Waals surface area contributed by atoms with E-state index >= 15 is 0 Å². The Morgan fingerprint density at radius 1 is 1.18 bits per heavy atom. The van der Waals surface area contributed by atoms with Crippen LogP contribution in [0.15, 0.2) is 28.7 Å². The molecule has 0 aromatic heterocycles. The van der Waals surface area contributed by atoms with Gasteiger partial charge in [-0.25, -0.2) is 0 Å². The second-order valence-corrected chi connectivity index (χ2v) is 6.26. The van der Waals surface area contributed by atoms with Gasteiger partial charge in [-0.3, -0.25) is 0 Å². The van der Waals surface area contributed by atoms with E-state index in [1.807, 2.05) is 0 Å². The Morgan fingerprint density at radius 3 is 2.41 bits per heavy atom. The van der Waals surface area contributed by atoms with Crippen LogP contribution in [-0.2, 0) is 4.74 Å². The minimum Gasteiger partial charge on any atom is -0.381 e. The van der Waals surface area contributed by atoms with Crippen LogP contribution >= 0.6 is 31.9 Å². The summed E-state index contributed by atoms with van der Waals surface area (Å²) in [7, 11) is 0. The zero-order valence-corrected chi connectivity index (χ0v) is 13.0. The third kappa shape index (κ3) is 4.08. The quantitative estimate of drug-likeness (QED) is 0.703. The molecule has 0 spiro atoms. The zero-order valence-electron chi connectivity index (χ0n) is 9.87. The molecule has 0 radical (unpaired) electrons. The maximum absolute atomic E-state index is 5.42. The van der Waals surface area contributed by atoms with E-state index in [1.54, 1.807) is 0 Å². The molecule has 17 heavy (non-hydrogen) atoms. The van der Waals surface area contributed by atoms with Gasteiger partial charge in [-0.15, -0.1) is 0 Å². The van der Waals surface area contributed by atoms with Gasteiger partial charge in [0.15, 0.2) is 0 Å². The molecule has 1 aliphatic rings. The van der Waals surface area contributed by atoms with E-state index in [9.17, 15) is 0 Å². The van der Waals surface area contributed by atoms with Crippen LogP contribution < -0.4 is 0 Å². The Labute approximate surface area is 120 Å². The SMILES string of the molecule is BrCC(CC1CCOCC1)c1ccc(Br)cc1. The van der Waals surface area contributed by atoms with Crippen molar-refractivity contribution in [3.63, 3.8) is 0 Å². The summed E-state index contributed by atoms with van der Waals surface area (Å²) < 4.78 is 6.57. The molecule has 1 aliphatic heterocycles. The smallest absolute Gasteiger partial charge is 0.0468 e. The Bertz CT molecular complexity index is 331. The summed E-state index contributed by atoms with van der Waals surface area (Å²) in [4.78, 5) is 0. The van der Waals surface area contributed by atoms with Crippen molar-refractivity contribution in [1.29, 1.82) is 0 Å². The van der Waals surface area contributed by atoms with Gasteiger partial charge in [-0.1, -0.05) is 44.0 Å². The monoisotopic (exact) mass is 360 g/mol. The molecule has 1 fully saturated rings.